The molecule has 0 radical (unpaired) electrons. The van der Waals surface area contributed by atoms with E-state index in [4.69, 9.17) is 14.2 Å². The van der Waals surface area contributed by atoms with E-state index in [1.807, 2.05) is 0 Å². The quantitative estimate of drug-likeness (QED) is 0.280. The molecule has 0 unspecified atom stereocenters. The summed E-state index contributed by atoms with van der Waals surface area (Å²) in [5.74, 6) is -0.503. The number of rotatable bonds is 9. The van der Waals surface area contributed by atoms with Crippen LogP contribution in [0.5, 0.6) is 23.0 Å². The number of hydrogen-bond acceptors (Lipinski definition) is 8. The van der Waals surface area contributed by atoms with Crippen LogP contribution in [0.3, 0.4) is 0 Å². The van der Waals surface area contributed by atoms with Gasteiger partial charge in [0, 0.05) is 6.07 Å². The lowest BCUT2D eigenvalue weighted by Crippen LogP contribution is -2.39. The lowest BCUT2D eigenvalue weighted by molar-refractivity contribution is -0.119. The van der Waals surface area contributed by atoms with E-state index in [0.717, 1.165) is 16.4 Å². The first-order valence-corrected chi connectivity index (χ1v) is 13.6. The van der Waals surface area contributed by atoms with Crippen molar-refractivity contribution in [2.75, 3.05) is 30.7 Å². The average molecular weight is 608 g/mol. The van der Waals surface area contributed by atoms with E-state index in [1.54, 1.807) is 13.0 Å². The topological polar surface area (TPSA) is 127 Å². The minimum absolute atomic E-state index is 0.0734. The fourth-order valence-corrected chi connectivity index (χ4v) is 5.41. The average Bonchev–Trinajstić information content (AvgIpc) is 2.90. The third-order valence-corrected chi connectivity index (χ3v) is 7.63. The normalized spacial score (nSPS) is 12.8. The number of aromatic hydroxyl groups is 1. The first kappa shape index (κ1) is 27.2. The largest absolute Gasteiger partial charge is 0.503 e. The number of benzene rings is 3. The fraction of sp³-hybridized carbons (Fsp3) is 0.200. The van der Waals surface area contributed by atoms with Gasteiger partial charge in [-0.25, -0.2) is 18.2 Å². The van der Waals surface area contributed by atoms with E-state index in [-0.39, 0.29) is 34.4 Å². The minimum atomic E-state index is -4.28. The van der Waals surface area contributed by atoms with Crippen LogP contribution in [0.25, 0.3) is 0 Å². The molecule has 200 valence electrons. The van der Waals surface area contributed by atoms with E-state index in [9.17, 15) is 22.7 Å². The number of fused-ring (bicyclic) bond motifs is 1. The Kier molecular flexibility index (Phi) is 8.37. The van der Waals surface area contributed by atoms with Gasteiger partial charge in [0.25, 0.3) is 15.9 Å². The zero-order valence-electron chi connectivity index (χ0n) is 20.1. The third kappa shape index (κ3) is 6.17. The number of hydrazone groups is 1. The molecule has 4 rings (SSSR count). The Morgan fingerprint density at radius 3 is 2.58 bits per heavy atom. The predicted octanol–water partition coefficient (Wildman–Crippen LogP) is 3.81. The summed E-state index contributed by atoms with van der Waals surface area (Å²) in [5, 5.41) is 13.9. The van der Waals surface area contributed by atoms with E-state index < -0.39 is 28.3 Å². The molecule has 0 aromatic heterocycles. The van der Waals surface area contributed by atoms with Crippen LogP contribution in [-0.4, -0.2) is 52.0 Å². The van der Waals surface area contributed by atoms with Gasteiger partial charge in [-0.15, -0.1) is 0 Å². The summed E-state index contributed by atoms with van der Waals surface area (Å²) in [6.07, 6.45) is 1.31. The second-order valence-corrected chi connectivity index (χ2v) is 10.6. The molecule has 1 amide bonds. The number of nitrogens with zero attached hydrogens (tertiary/aromatic N) is 2. The standard InChI is InChI=1S/C25H23BrFN3O7S/c1-2-35-23-12-16(11-20(26)25(23)32)14-28-29-24(31)15-30(18-5-3-17(27)4-6-18)38(33,34)19-7-8-21-22(13-19)37-10-9-36-21/h3-8,11-14,32H,2,9-10,15H2,1H3,(H,29,31)/b28-14-. The maximum absolute atomic E-state index is 13.6. The molecule has 0 saturated heterocycles. The van der Waals surface area contributed by atoms with Crippen molar-refractivity contribution in [3.8, 4) is 23.0 Å². The fourth-order valence-electron chi connectivity index (χ4n) is 3.51. The molecule has 0 fully saturated rings. The molecule has 3 aromatic carbocycles. The first-order valence-electron chi connectivity index (χ1n) is 11.3. The summed E-state index contributed by atoms with van der Waals surface area (Å²) in [6.45, 7) is 2.05. The molecule has 10 nitrogen and oxygen atoms in total. The number of carbonyl (C=O) groups is 1. The number of hydrogen-bond donors (Lipinski definition) is 2. The molecule has 2 N–H and O–H groups in total. The van der Waals surface area contributed by atoms with Gasteiger partial charge in [-0.2, -0.15) is 5.10 Å². The summed E-state index contributed by atoms with van der Waals surface area (Å²) < 4.78 is 58.2. The number of phenols is 1. The van der Waals surface area contributed by atoms with Gasteiger partial charge in [0.05, 0.1) is 27.9 Å². The van der Waals surface area contributed by atoms with Crippen LogP contribution < -0.4 is 23.9 Å². The van der Waals surface area contributed by atoms with Crippen molar-refractivity contribution in [2.24, 2.45) is 5.10 Å². The van der Waals surface area contributed by atoms with Crippen LogP contribution in [-0.2, 0) is 14.8 Å². The SMILES string of the molecule is CCOc1cc(/C=N\NC(=O)CN(c2ccc(F)cc2)S(=O)(=O)c2ccc3c(c2)OCCO3)cc(Br)c1O. The zero-order chi connectivity index (χ0) is 27.3. The Bertz CT molecular complexity index is 1470. The zero-order valence-corrected chi connectivity index (χ0v) is 22.5. The molecule has 1 aliphatic rings. The summed E-state index contributed by atoms with van der Waals surface area (Å²) in [6, 6.07) is 11.9. The summed E-state index contributed by atoms with van der Waals surface area (Å²) in [7, 11) is -4.28. The summed E-state index contributed by atoms with van der Waals surface area (Å²) in [4.78, 5) is 12.6. The highest BCUT2D eigenvalue weighted by atomic mass is 79.9. The van der Waals surface area contributed by atoms with Gasteiger partial charge in [0.1, 0.15) is 25.6 Å². The van der Waals surface area contributed by atoms with Gasteiger partial charge < -0.3 is 19.3 Å². The highest BCUT2D eigenvalue weighted by molar-refractivity contribution is 9.10. The van der Waals surface area contributed by atoms with Crippen molar-refractivity contribution in [2.45, 2.75) is 11.8 Å². The number of sulfonamides is 1. The number of nitrogens with one attached hydrogen (secondary N) is 1. The number of carbonyl (C=O) groups excluding carboxylic acids is 1. The van der Waals surface area contributed by atoms with Crippen LogP contribution in [0.1, 0.15) is 12.5 Å². The predicted molar refractivity (Wildman–Crippen MR) is 141 cm³/mol. The van der Waals surface area contributed by atoms with Gasteiger partial charge in [-0.3, -0.25) is 9.10 Å². The Morgan fingerprint density at radius 1 is 1.16 bits per heavy atom. The maximum Gasteiger partial charge on any atom is 0.264 e. The number of phenolic OH excluding ortho intramolecular Hbond substituents is 1. The molecule has 1 aliphatic heterocycles. The van der Waals surface area contributed by atoms with Crippen molar-refractivity contribution >= 4 is 43.8 Å². The van der Waals surface area contributed by atoms with Crippen LogP contribution in [0.15, 0.2) is 69.1 Å². The lowest BCUT2D eigenvalue weighted by Gasteiger charge is -2.25. The Hall–Kier alpha value is -3.84. The molecule has 38 heavy (non-hydrogen) atoms. The molecule has 0 atom stereocenters. The molecule has 3 aromatic rings. The van der Waals surface area contributed by atoms with Crippen molar-refractivity contribution in [1.82, 2.24) is 5.43 Å². The Morgan fingerprint density at radius 2 is 1.87 bits per heavy atom. The van der Waals surface area contributed by atoms with Crippen molar-refractivity contribution < 1.29 is 36.9 Å². The van der Waals surface area contributed by atoms with E-state index in [0.29, 0.717) is 29.0 Å². The van der Waals surface area contributed by atoms with Gasteiger partial charge in [-0.1, -0.05) is 0 Å². The van der Waals surface area contributed by atoms with E-state index >= 15 is 0 Å². The molecule has 0 bridgehead atoms. The van der Waals surface area contributed by atoms with Gasteiger partial charge in [0.15, 0.2) is 23.0 Å². The van der Waals surface area contributed by atoms with Crippen LogP contribution in [0.2, 0.25) is 0 Å². The molecule has 1 heterocycles. The minimum Gasteiger partial charge on any atom is -0.503 e. The van der Waals surface area contributed by atoms with Crippen molar-refractivity contribution in [1.29, 1.82) is 0 Å². The van der Waals surface area contributed by atoms with Gasteiger partial charge in [0.2, 0.25) is 0 Å². The first-order chi connectivity index (χ1) is 18.2. The summed E-state index contributed by atoms with van der Waals surface area (Å²) in [5.41, 5.74) is 2.86. The van der Waals surface area contributed by atoms with Gasteiger partial charge in [-0.05, 0) is 76.9 Å². The second-order valence-electron chi connectivity index (χ2n) is 7.87. The lowest BCUT2D eigenvalue weighted by atomic mass is 10.2. The smallest absolute Gasteiger partial charge is 0.264 e. The summed E-state index contributed by atoms with van der Waals surface area (Å²) >= 11 is 3.22. The van der Waals surface area contributed by atoms with E-state index in [1.165, 1.54) is 42.6 Å². The number of amides is 1. The van der Waals surface area contributed by atoms with Crippen LogP contribution >= 0.6 is 15.9 Å². The van der Waals surface area contributed by atoms with Crippen molar-refractivity contribution in [3.63, 3.8) is 0 Å². The monoisotopic (exact) mass is 607 g/mol. The molecule has 0 saturated carbocycles. The highest BCUT2D eigenvalue weighted by Gasteiger charge is 2.29. The molecular formula is C25H23BrFN3O7S. The highest BCUT2D eigenvalue weighted by Crippen LogP contribution is 2.35. The Labute approximate surface area is 226 Å². The Balaban J connectivity index is 1.57. The number of ether oxygens (including phenoxy) is 3. The van der Waals surface area contributed by atoms with Crippen LogP contribution in [0.4, 0.5) is 10.1 Å². The second kappa shape index (κ2) is 11.7. The number of halogens is 2. The van der Waals surface area contributed by atoms with E-state index in [2.05, 4.69) is 26.5 Å². The molecular weight excluding hydrogens is 585 g/mol. The van der Waals surface area contributed by atoms with Crippen LogP contribution in [0, 0.1) is 5.82 Å². The third-order valence-electron chi connectivity index (χ3n) is 5.26. The van der Waals surface area contributed by atoms with Crippen molar-refractivity contribution in [3.05, 3.63) is 70.5 Å². The maximum atomic E-state index is 13.6. The number of anilines is 1. The van der Waals surface area contributed by atoms with Gasteiger partial charge >= 0.3 is 0 Å². The molecule has 0 aliphatic carbocycles. The molecule has 0 spiro atoms. The molecule has 13 heteroatoms.